The van der Waals surface area contributed by atoms with Crippen molar-refractivity contribution >= 4 is 34.7 Å². The van der Waals surface area contributed by atoms with Gasteiger partial charge in [-0.1, -0.05) is 48.5 Å². The van der Waals surface area contributed by atoms with Crippen LogP contribution in [-0.2, 0) is 0 Å². The molecule has 94 valence electrons. The highest BCUT2D eigenvalue weighted by Crippen LogP contribution is 2.27. The SMILES string of the molecule is C1=c2ccccc2=c2ccc3ccc4c(c3c21)=CCS4. The Bertz CT molecular complexity index is 1090. The first-order chi connectivity index (χ1) is 9.92. The van der Waals surface area contributed by atoms with Crippen LogP contribution in [0.2, 0.25) is 0 Å². The van der Waals surface area contributed by atoms with Crippen molar-refractivity contribution < 1.29 is 0 Å². The van der Waals surface area contributed by atoms with E-state index in [4.69, 9.17) is 0 Å². The van der Waals surface area contributed by atoms with Gasteiger partial charge in [0.15, 0.2) is 0 Å². The second kappa shape index (κ2) is 3.77. The molecule has 0 saturated carbocycles. The van der Waals surface area contributed by atoms with Gasteiger partial charge in [0, 0.05) is 10.6 Å². The van der Waals surface area contributed by atoms with Gasteiger partial charge in [0.1, 0.15) is 0 Å². The Morgan fingerprint density at radius 2 is 1.75 bits per heavy atom. The number of hydrogen-bond donors (Lipinski definition) is 0. The van der Waals surface area contributed by atoms with Gasteiger partial charge in [-0.25, -0.2) is 0 Å². The summed E-state index contributed by atoms with van der Waals surface area (Å²) in [6.45, 7) is 0. The predicted molar refractivity (Wildman–Crippen MR) is 86.1 cm³/mol. The molecule has 5 rings (SSSR count). The summed E-state index contributed by atoms with van der Waals surface area (Å²) in [6.07, 6.45) is 4.73. The van der Waals surface area contributed by atoms with Crippen LogP contribution in [0.5, 0.6) is 0 Å². The molecule has 0 unspecified atom stereocenters. The monoisotopic (exact) mass is 272 g/mol. The molecule has 0 nitrogen and oxygen atoms in total. The summed E-state index contributed by atoms with van der Waals surface area (Å²) in [7, 11) is 0. The maximum absolute atomic E-state index is 2.37. The van der Waals surface area contributed by atoms with E-state index in [1.807, 2.05) is 11.8 Å². The molecule has 0 spiro atoms. The van der Waals surface area contributed by atoms with Gasteiger partial charge in [-0.05, 0) is 49.4 Å². The number of benzene rings is 3. The number of rotatable bonds is 0. The van der Waals surface area contributed by atoms with E-state index in [9.17, 15) is 0 Å². The Morgan fingerprint density at radius 1 is 0.850 bits per heavy atom. The van der Waals surface area contributed by atoms with Crippen LogP contribution in [0.4, 0.5) is 0 Å². The minimum absolute atomic E-state index is 1.10. The molecule has 3 aromatic rings. The average molecular weight is 272 g/mol. The molecular formula is C19H12S. The van der Waals surface area contributed by atoms with Crippen LogP contribution in [0, 0.1) is 10.4 Å². The Morgan fingerprint density at radius 3 is 2.75 bits per heavy atom. The molecule has 1 heteroatoms. The van der Waals surface area contributed by atoms with Gasteiger partial charge in [-0.3, -0.25) is 0 Å². The van der Waals surface area contributed by atoms with Crippen molar-refractivity contribution in [1.82, 2.24) is 0 Å². The average Bonchev–Trinajstić information content (AvgIpc) is 3.10. The van der Waals surface area contributed by atoms with Crippen molar-refractivity contribution in [2.45, 2.75) is 4.90 Å². The highest BCUT2D eigenvalue weighted by Gasteiger charge is 2.12. The molecule has 2 aliphatic rings. The van der Waals surface area contributed by atoms with E-state index in [-0.39, 0.29) is 0 Å². The Balaban J connectivity index is 2.13. The topological polar surface area (TPSA) is 0 Å². The normalized spacial score (nSPS) is 14.4. The number of fused-ring (bicyclic) bond motifs is 6. The Hall–Kier alpha value is -1.99. The third kappa shape index (κ3) is 1.28. The number of hydrogen-bond acceptors (Lipinski definition) is 1. The summed E-state index contributed by atoms with van der Waals surface area (Å²) in [5.41, 5.74) is 1.40. The molecule has 0 N–H and O–H groups in total. The molecule has 0 radical (unpaired) electrons. The van der Waals surface area contributed by atoms with Crippen LogP contribution in [0.25, 0.3) is 22.9 Å². The van der Waals surface area contributed by atoms with Crippen molar-refractivity contribution in [3.8, 4) is 0 Å². The van der Waals surface area contributed by atoms with Crippen LogP contribution in [0.1, 0.15) is 5.56 Å². The van der Waals surface area contributed by atoms with Crippen molar-refractivity contribution in [3.05, 3.63) is 75.0 Å². The zero-order valence-corrected chi connectivity index (χ0v) is 11.7. The van der Waals surface area contributed by atoms with Gasteiger partial charge in [-0.2, -0.15) is 0 Å². The predicted octanol–water partition coefficient (Wildman–Crippen LogP) is 3.16. The third-order valence-electron chi connectivity index (χ3n) is 4.30. The molecule has 0 aromatic heterocycles. The van der Waals surface area contributed by atoms with Gasteiger partial charge >= 0.3 is 0 Å². The van der Waals surface area contributed by atoms with Crippen molar-refractivity contribution in [3.63, 3.8) is 0 Å². The maximum atomic E-state index is 2.37. The van der Waals surface area contributed by atoms with Crippen molar-refractivity contribution in [2.75, 3.05) is 5.75 Å². The van der Waals surface area contributed by atoms with Crippen molar-refractivity contribution in [2.24, 2.45) is 0 Å². The molecule has 0 saturated heterocycles. The fourth-order valence-corrected chi connectivity index (χ4v) is 4.34. The summed E-state index contributed by atoms with van der Waals surface area (Å²) in [5.74, 6) is 1.10. The summed E-state index contributed by atoms with van der Waals surface area (Å²) in [5, 5.41) is 8.32. The molecule has 0 fully saturated rings. The van der Waals surface area contributed by atoms with Crippen LogP contribution in [0.15, 0.2) is 53.4 Å². The smallest absolute Gasteiger partial charge is 0.0170 e. The first kappa shape index (κ1) is 10.8. The van der Waals surface area contributed by atoms with Crippen LogP contribution < -0.4 is 10.4 Å². The lowest BCUT2D eigenvalue weighted by Gasteiger charge is -2.04. The fraction of sp³-hybridized carbons (Fsp3) is 0.0526. The second-order valence-corrected chi connectivity index (χ2v) is 6.41. The lowest BCUT2D eigenvalue weighted by atomic mass is 10.0. The van der Waals surface area contributed by atoms with Gasteiger partial charge in [-0.15, -0.1) is 11.8 Å². The van der Waals surface area contributed by atoms with E-state index in [0.717, 1.165) is 5.75 Å². The molecule has 1 aliphatic carbocycles. The third-order valence-corrected chi connectivity index (χ3v) is 5.30. The van der Waals surface area contributed by atoms with E-state index < -0.39 is 0 Å². The van der Waals surface area contributed by atoms with Crippen molar-refractivity contribution in [1.29, 1.82) is 0 Å². The van der Waals surface area contributed by atoms with Crippen LogP contribution >= 0.6 is 11.8 Å². The zero-order chi connectivity index (χ0) is 13.1. The molecular weight excluding hydrogens is 260 g/mol. The molecule has 1 aliphatic heterocycles. The van der Waals surface area contributed by atoms with Gasteiger partial charge < -0.3 is 0 Å². The molecule has 1 heterocycles. The highest BCUT2D eigenvalue weighted by atomic mass is 32.2. The van der Waals surface area contributed by atoms with Crippen LogP contribution in [-0.4, -0.2) is 5.75 Å². The largest absolute Gasteiger partial charge is 0.121 e. The first-order valence-electron chi connectivity index (χ1n) is 6.92. The summed E-state index contributed by atoms with van der Waals surface area (Å²) < 4.78 is 0. The van der Waals surface area contributed by atoms with Crippen LogP contribution in [0.3, 0.4) is 0 Å². The Labute approximate surface area is 120 Å². The summed E-state index contributed by atoms with van der Waals surface area (Å²) >= 11 is 1.94. The fourth-order valence-electron chi connectivity index (χ4n) is 3.41. The van der Waals surface area contributed by atoms with E-state index in [1.54, 1.807) is 0 Å². The lowest BCUT2D eigenvalue weighted by molar-refractivity contribution is 1.43. The maximum Gasteiger partial charge on any atom is 0.0170 e. The van der Waals surface area contributed by atoms with E-state index >= 15 is 0 Å². The van der Waals surface area contributed by atoms with Gasteiger partial charge in [0.05, 0.1) is 0 Å². The second-order valence-electron chi connectivity index (χ2n) is 5.35. The Kier molecular flexibility index (Phi) is 2.03. The first-order valence-corrected chi connectivity index (χ1v) is 7.90. The van der Waals surface area contributed by atoms with Gasteiger partial charge in [0.25, 0.3) is 0 Å². The zero-order valence-electron chi connectivity index (χ0n) is 10.9. The van der Waals surface area contributed by atoms with Gasteiger partial charge in [0.2, 0.25) is 0 Å². The minimum Gasteiger partial charge on any atom is -0.121 e. The summed E-state index contributed by atoms with van der Waals surface area (Å²) in [4.78, 5) is 1.43. The van der Waals surface area contributed by atoms with E-state index in [1.165, 1.54) is 42.1 Å². The lowest BCUT2D eigenvalue weighted by Crippen LogP contribution is -2.04. The summed E-state index contributed by atoms with van der Waals surface area (Å²) in [6, 6.07) is 17.8. The standard InChI is InChI=1S/C19H12S/c1-2-4-14-13(3-1)11-17-15(14)7-5-12-6-8-18-16(19(12)17)9-10-20-18/h1-9,11H,10H2. The number of thioether (sulfide) groups is 1. The molecule has 20 heavy (non-hydrogen) atoms. The minimum atomic E-state index is 1.10. The highest BCUT2D eigenvalue weighted by molar-refractivity contribution is 7.99. The molecule has 0 bridgehead atoms. The molecule has 0 atom stereocenters. The van der Waals surface area contributed by atoms with E-state index in [0.29, 0.717) is 0 Å². The van der Waals surface area contributed by atoms with E-state index in [2.05, 4.69) is 60.7 Å². The quantitative estimate of drug-likeness (QED) is 0.474. The molecule has 3 aromatic carbocycles. The molecule has 0 amide bonds.